The number of hydrogen-bond donors (Lipinski definition) is 0. The monoisotopic (exact) mass is 359 g/mol. The number of ether oxygens (including phenoxy) is 3. The minimum Gasteiger partial charge on any atom is -0.445 e. The largest absolute Gasteiger partial charge is 0.445 e. The molecule has 2 bridgehead atoms. The van der Waals surface area contributed by atoms with Gasteiger partial charge in [-0.15, -0.1) is 0 Å². The van der Waals surface area contributed by atoms with Gasteiger partial charge in [0, 0.05) is 13.2 Å². The zero-order chi connectivity index (χ0) is 18.2. The SMILES string of the molecule is COCCOCCC1=CC2CCCC(C1)N2C(=O)OCc1ccccc1. The van der Waals surface area contributed by atoms with Crippen molar-refractivity contribution in [3.63, 3.8) is 0 Å². The molecule has 1 amide bonds. The van der Waals surface area contributed by atoms with E-state index in [1.54, 1.807) is 7.11 Å². The summed E-state index contributed by atoms with van der Waals surface area (Å²) >= 11 is 0. The van der Waals surface area contributed by atoms with Gasteiger partial charge in [0.2, 0.25) is 0 Å². The van der Waals surface area contributed by atoms with Crippen molar-refractivity contribution in [2.45, 2.75) is 50.8 Å². The molecule has 26 heavy (non-hydrogen) atoms. The van der Waals surface area contributed by atoms with Crippen LogP contribution in [0.3, 0.4) is 0 Å². The van der Waals surface area contributed by atoms with E-state index in [1.165, 1.54) is 12.0 Å². The van der Waals surface area contributed by atoms with Crippen LogP contribution in [0, 0.1) is 0 Å². The topological polar surface area (TPSA) is 48.0 Å². The fourth-order valence-electron chi connectivity index (χ4n) is 3.83. The van der Waals surface area contributed by atoms with Gasteiger partial charge in [0.1, 0.15) is 6.61 Å². The van der Waals surface area contributed by atoms with Crippen LogP contribution in [-0.2, 0) is 20.8 Å². The van der Waals surface area contributed by atoms with Gasteiger partial charge in [-0.3, -0.25) is 4.90 Å². The van der Waals surface area contributed by atoms with Crippen molar-refractivity contribution < 1.29 is 19.0 Å². The fourth-order valence-corrected chi connectivity index (χ4v) is 3.83. The number of carbonyl (C=O) groups is 1. The summed E-state index contributed by atoms with van der Waals surface area (Å²) in [4.78, 5) is 14.6. The van der Waals surface area contributed by atoms with Crippen molar-refractivity contribution in [2.75, 3.05) is 26.9 Å². The highest BCUT2D eigenvalue weighted by atomic mass is 16.6. The summed E-state index contributed by atoms with van der Waals surface area (Å²) in [5.74, 6) is 0. The highest BCUT2D eigenvalue weighted by molar-refractivity contribution is 5.69. The molecule has 0 spiro atoms. The third-order valence-corrected chi connectivity index (χ3v) is 5.13. The number of nitrogens with zero attached hydrogens (tertiary/aromatic N) is 1. The quantitative estimate of drug-likeness (QED) is 0.521. The molecule has 2 aliphatic rings. The Kier molecular flexibility index (Phi) is 7.09. The molecule has 5 nitrogen and oxygen atoms in total. The van der Waals surface area contributed by atoms with Crippen LogP contribution in [0.5, 0.6) is 0 Å². The van der Waals surface area contributed by atoms with Crippen LogP contribution in [0.25, 0.3) is 0 Å². The van der Waals surface area contributed by atoms with E-state index in [0.29, 0.717) is 26.4 Å². The molecule has 0 aliphatic carbocycles. The number of hydrogen-bond acceptors (Lipinski definition) is 4. The van der Waals surface area contributed by atoms with Crippen LogP contribution in [-0.4, -0.2) is 50.0 Å². The zero-order valence-electron chi connectivity index (χ0n) is 15.6. The van der Waals surface area contributed by atoms with Gasteiger partial charge in [-0.25, -0.2) is 4.79 Å². The summed E-state index contributed by atoms with van der Waals surface area (Å²) in [6.07, 6.45) is 7.19. The van der Waals surface area contributed by atoms with E-state index >= 15 is 0 Å². The lowest BCUT2D eigenvalue weighted by atomic mass is 9.84. The molecule has 0 radical (unpaired) electrons. The Bertz CT molecular complexity index is 601. The molecule has 3 rings (SSSR count). The van der Waals surface area contributed by atoms with E-state index in [1.807, 2.05) is 35.2 Å². The van der Waals surface area contributed by atoms with Crippen molar-refractivity contribution >= 4 is 6.09 Å². The third-order valence-electron chi connectivity index (χ3n) is 5.13. The van der Waals surface area contributed by atoms with Gasteiger partial charge >= 0.3 is 6.09 Å². The lowest BCUT2D eigenvalue weighted by Gasteiger charge is -2.44. The minimum absolute atomic E-state index is 0.166. The molecule has 5 heteroatoms. The first-order valence-corrected chi connectivity index (χ1v) is 9.53. The van der Waals surface area contributed by atoms with Crippen LogP contribution in [0.2, 0.25) is 0 Å². The molecule has 142 valence electrons. The van der Waals surface area contributed by atoms with E-state index in [4.69, 9.17) is 14.2 Å². The predicted octanol–water partition coefficient (Wildman–Crippen LogP) is 3.93. The van der Waals surface area contributed by atoms with E-state index in [0.717, 1.165) is 31.2 Å². The smallest absolute Gasteiger partial charge is 0.410 e. The minimum atomic E-state index is -0.185. The van der Waals surface area contributed by atoms with Gasteiger partial charge in [0.15, 0.2) is 0 Å². The molecule has 2 aliphatic heterocycles. The van der Waals surface area contributed by atoms with Crippen molar-refractivity contribution in [2.24, 2.45) is 0 Å². The summed E-state index contributed by atoms with van der Waals surface area (Å²) in [7, 11) is 1.68. The maximum Gasteiger partial charge on any atom is 0.410 e. The molecular weight excluding hydrogens is 330 g/mol. The van der Waals surface area contributed by atoms with Gasteiger partial charge in [0.25, 0.3) is 0 Å². The second-order valence-electron chi connectivity index (χ2n) is 6.98. The van der Waals surface area contributed by atoms with E-state index in [9.17, 15) is 4.79 Å². The van der Waals surface area contributed by atoms with E-state index in [2.05, 4.69) is 6.08 Å². The summed E-state index contributed by atoms with van der Waals surface area (Å²) in [6.45, 7) is 2.31. The van der Waals surface area contributed by atoms with Gasteiger partial charge < -0.3 is 14.2 Å². The first-order valence-electron chi connectivity index (χ1n) is 9.53. The Labute approximate surface area is 155 Å². The summed E-state index contributed by atoms with van der Waals surface area (Å²) < 4.78 is 16.2. The Morgan fingerprint density at radius 3 is 2.77 bits per heavy atom. The van der Waals surface area contributed by atoms with Gasteiger partial charge in [-0.1, -0.05) is 42.0 Å². The second-order valence-corrected chi connectivity index (χ2v) is 6.98. The third kappa shape index (κ3) is 5.08. The Balaban J connectivity index is 1.53. The summed E-state index contributed by atoms with van der Waals surface area (Å²) in [6, 6.07) is 10.3. The number of piperidine rings is 1. The molecule has 2 atom stereocenters. The van der Waals surface area contributed by atoms with Crippen LogP contribution >= 0.6 is 0 Å². The highest BCUT2D eigenvalue weighted by Gasteiger charge is 2.37. The van der Waals surface area contributed by atoms with Gasteiger partial charge in [-0.05, 0) is 37.7 Å². The molecular formula is C21H29NO4. The first kappa shape index (κ1) is 18.9. The lowest BCUT2D eigenvalue weighted by molar-refractivity contribution is 0.0458. The number of benzene rings is 1. The van der Waals surface area contributed by atoms with Gasteiger partial charge in [-0.2, -0.15) is 0 Å². The predicted molar refractivity (Wildman–Crippen MR) is 99.9 cm³/mol. The Hall–Kier alpha value is -1.85. The first-order chi connectivity index (χ1) is 12.8. The zero-order valence-corrected chi connectivity index (χ0v) is 15.6. The van der Waals surface area contributed by atoms with Crippen molar-refractivity contribution in [3.8, 4) is 0 Å². The lowest BCUT2D eigenvalue weighted by Crippen LogP contribution is -2.51. The molecule has 2 heterocycles. The summed E-state index contributed by atoms with van der Waals surface area (Å²) in [5.41, 5.74) is 2.43. The molecule has 1 aromatic carbocycles. The number of fused-ring (bicyclic) bond motifs is 2. The standard InChI is InChI=1S/C21H29NO4/c1-24-12-13-25-11-10-18-14-19-8-5-9-20(15-18)22(19)21(23)26-16-17-6-3-2-4-7-17/h2-4,6-7,14,19-20H,5,8-13,15-16H2,1H3. The molecule has 2 unspecified atom stereocenters. The van der Waals surface area contributed by atoms with Crippen molar-refractivity contribution in [3.05, 3.63) is 47.5 Å². The van der Waals surface area contributed by atoms with Crippen LogP contribution in [0.1, 0.15) is 37.7 Å². The molecule has 0 N–H and O–H groups in total. The molecule has 1 fully saturated rings. The fraction of sp³-hybridized carbons (Fsp3) is 0.571. The Morgan fingerprint density at radius 1 is 1.15 bits per heavy atom. The van der Waals surface area contributed by atoms with Crippen molar-refractivity contribution in [1.29, 1.82) is 0 Å². The molecule has 1 saturated heterocycles. The summed E-state index contributed by atoms with van der Waals surface area (Å²) in [5, 5.41) is 0. The number of carbonyl (C=O) groups excluding carboxylic acids is 1. The van der Waals surface area contributed by atoms with E-state index in [-0.39, 0.29) is 18.2 Å². The highest BCUT2D eigenvalue weighted by Crippen LogP contribution is 2.34. The number of methoxy groups -OCH3 is 1. The molecule has 1 aromatic rings. The van der Waals surface area contributed by atoms with Crippen molar-refractivity contribution in [1.82, 2.24) is 4.90 Å². The number of rotatable bonds is 8. The van der Waals surface area contributed by atoms with Crippen LogP contribution < -0.4 is 0 Å². The average Bonchev–Trinajstić information content (AvgIpc) is 2.66. The molecule has 0 aromatic heterocycles. The van der Waals surface area contributed by atoms with Gasteiger partial charge in [0.05, 0.1) is 25.9 Å². The number of amides is 1. The normalized spacial score (nSPS) is 22.0. The maximum atomic E-state index is 12.7. The van der Waals surface area contributed by atoms with Crippen LogP contribution in [0.15, 0.2) is 42.0 Å². The Morgan fingerprint density at radius 2 is 2.00 bits per heavy atom. The maximum absolute atomic E-state index is 12.7. The van der Waals surface area contributed by atoms with E-state index < -0.39 is 0 Å². The van der Waals surface area contributed by atoms with Crippen LogP contribution in [0.4, 0.5) is 4.79 Å². The second kappa shape index (κ2) is 9.74. The average molecular weight is 359 g/mol. The molecule has 0 saturated carbocycles.